The van der Waals surface area contributed by atoms with Crippen molar-refractivity contribution in [3.63, 3.8) is 0 Å². The molecule has 2 aromatic heterocycles. The van der Waals surface area contributed by atoms with E-state index in [-0.39, 0.29) is 11.7 Å². The summed E-state index contributed by atoms with van der Waals surface area (Å²) in [7, 11) is 0. The first kappa shape index (κ1) is 17.1. The lowest BCUT2D eigenvalue weighted by Gasteiger charge is -2.05. The molecule has 0 fully saturated rings. The van der Waals surface area contributed by atoms with E-state index in [1.807, 2.05) is 32.9 Å². The Balaban J connectivity index is 1.74. The fourth-order valence-electron chi connectivity index (χ4n) is 1.47. The highest BCUT2D eigenvalue weighted by atomic mass is 32.2. The van der Waals surface area contributed by atoms with E-state index in [2.05, 4.69) is 25.7 Å². The molecule has 2 rings (SSSR count). The number of H-pyrrole nitrogens is 1. The number of esters is 1. The van der Waals surface area contributed by atoms with Gasteiger partial charge in [0.15, 0.2) is 0 Å². The van der Waals surface area contributed by atoms with Gasteiger partial charge in [0.05, 0.1) is 18.6 Å². The molecular weight excluding hydrogens is 318 g/mol. The van der Waals surface area contributed by atoms with Crippen molar-refractivity contribution in [1.29, 1.82) is 0 Å². The lowest BCUT2D eigenvalue weighted by molar-refractivity contribution is -0.141. The second-order valence-corrected chi connectivity index (χ2v) is 6.09. The largest absolute Gasteiger partial charge is 0.465 e. The van der Waals surface area contributed by atoms with Crippen molar-refractivity contribution in [3.8, 4) is 0 Å². The topological polar surface area (TPSA) is 105 Å². The normalized spacial score (nSPS) is 11.3. The number of carbonyl (C=O) groups is 1. The zero-order chi connectivity index (χ0) is 16.7. The van der Waals surface area contributed by atoms with E-state index >= 15 is 0 Å². The van der Waals surface area contributed by atoms with E-state index in [0.717, 1.165) is 5.76 Å². The van der Waals surface area contributed by atoms with Crippen LogP contribution in [0, 0.1) is 12.8 Å². The maximum Gasteiger partial charge on any atom is 0.316 e. The number of ether oxygens (including phenoxy) is 1. The van der Waals surface area contributed by atoms with Gasteiger partial charge in [-0.25, -0.2) is 10.5 Å². The average molecular weight is 337 g/mol. The second kappa shape index (κ2) is 8.37. The van der Waals surface area contributed by atoms with Gasteiger partial charge in [0.1, 0.15) is 11.5 Å². The monoisotopic (exact) mass is 337 g/mol. The van der Waals surface area contributed by atoms with Crippen LogP contribution in [0.2, 0.25) is 0 Å². The molecule has 0 bridgehead atoms. The molecule has 23 heavy (non-hydrogen) atoms. The summed E-state index contributed by atoms with van der Waals surface area (Å²) in [6.07, 6.45) is 1.53. The quantitative estimate of drug-likeness (QED) is 0.330. The number of hydrogen-bond donors (Lipinski definition) is 2. The number of aryl methyl sites for hydroxylation is 1. The van der Waals surface area contributed by atoms with E-state index in [0.29, 0.717) is 29.4 Å². The summed E-state index contributed by atoms with van der Waals surface area (Å²) in [5.74, 6) is 2.03. The van der Waals surface area contributed by atoms with E-state index in [1.165, 1.54) is 18.0 Å². The fraction of sp³-hybridized carbons (Fsp3) is 0.429. The Morgan fingerprint density at radius 1 is 1.57 bits per heavy atom. The van der Waals surface area contributed by atoms with Crippen LogP contribution < -0.4 is 5.43 Å². The molecule has 8 nitrogen and oxygen atoms in total. The molecule has 0 aliphatic rings. The Morgan fingerprint density at radius 2 is 2.39 bits per heavy atom. The minimum Gasteiger partial charge on any atom is -0.465 e. The molecule has 2 aromatic rings. The lowest BCUT2D eigenvalue weighted by Crippen LogP contribution is -2.11. The summed E-state index contributed by atoms with van der Waals surface area (Å²) < 4.78 is 10.4. The summed E-state index contributed by atoms with van der Waals surface area (Å²) in [6.45, 7) is 6.24. The van der Waals surface area contributed by atoms with Crippen molar-refractivity contribution in [1.82, 2.24) is 15.2 Å². The van der Waals surface area contributed by atoms with Gasteiger partial charge in [-0.15, -0.1) is 5.10 Å². The zero-order valence-corrected chi connectivity index (χ0v) is 14.0. The number of thioether (sulfide) groups is 1. The molecule has 2 N–H and O–H groups in total. The molecule has 9 heteroatoms. The third-order valence-corrected chi connectivity index (χ3v) is 3.31. The standard InChI is InChI=1S/C14H19N5O3S/c1-9(2)7-21-12(20)8-23-14-16-13(18-19-14)17-15-6-11-5-4-10(3)22-11/h4-6,9H,7-8H2,1-3H3,(H2,16,17,18,19)/b15-6+. The molecule has 0 aromatic carbocycles. The maximum atomic E-state index is 11.5. The smallest absolute Gasteiger partial charge is 0.316 e. The first-order valence-corrected chi connectivity index (χ1v) is 8.08. The van der Waals surface area contributed by atoms with Gasteiger partial charge in [0.25, 0.3) is 0 Å². The first-order chi connectivity index (χ1) is 11.0. The number of hydrogen-bond acceptors (Lipinski definition) is 8. The Kier molecular flexibility index (Phi) is 6.21. The van der Waals surface area contributed by atoms with Gasteiger partial charge in [-0.1, -0.05) is 25.6 Å². The van der Waals surface area contributed by atoms with Crippen LogP contribution in [-0.2, 0) is 9.53 Å². The van der Waals surface area contributed by atoms with Crippen LogP contribution in [0.1, 0.15) is 25.4 Å². The summed E-state index contributed by atoms with van der Waals surface area (Å²) in [5.41, 5.74) is 2.70. The summed E-state index contributed by atoms with van der Waals surface area (Å²) in [6, 6.07) is 3.66. The predicted molar refractivity (Wildman–Crippen MR) is 87.6 cm³/mol. The van der Waals surface area contributed by atoms with Crippen LogP contribution in [0.4, 0.5) is 5.95 Å². The Hall–Kier alpha value is -2.29. The highest BCUT2D eigenvalue weighted by Crippen LogP contribution is 2.14. The fourth-order valence-corrected chi connectivity index (χ4v) is 2.06. The van der Waals surface area contributed by atoms with E-state index in [4.69, 9.17) is 9.15 Å². The Bertz CT molecular complexity index is 665. The molecule has 124 valence electrons. The summed E-state index contributed by atoms with van der Waals surface area (Å²) in [4.78, 5) is 15.6. The number of aromatic amines is 1. The van der Waals surface area contributed by atoms with Gasteiger partial charge >= 0.3 is 5.97 Å². The van der Waals surface area contributed by atoms with Gasteiger partial charge in [-0.2, -0.15) is 10.1 Å². The number of furan rings is 1. The molecule has 2 heterocycles. The van der Waals surface area contributed by atoms with Crippen LogP contribution in [0.25, 0.3) is 0 Å². The third-order valence-electron chi connectivity index (χ3n) is 2.49. The van der Waals surface area contributed by atoms with Crippen LogP contribution in [0.5, 0.6) is 0 Å². The lowest BCUT2D eigenvalue weighted by atomic mass is 10.2. The third kappa shape index (κ3) is 6.15. The van der Waals surface area contributed by atoms with Crippen molar-refractivity contribution >= 4 is 29.9 Å². The molecule has 0 saturated carbocycles. The van der Waals surface area contributed by atoms with Gasteiger partial charge in [0.2, 0.25) is 11.1 Å². The van der Waals surface area contributed by atoms with Gasteiger partial charge < -0.3 is 9.15 Å². The number of nitrogens with one attached hydrogen (secondary N) is 2. The molecule has 0 radical (unpaired) electrons. The Labute approximate surface area is 138 Å². The van der Waals surface area contributed by atoms with Crippen LogP contribution in [0.3, 0.4) is 0 Å². The Morgan fingerprint density at radius 3 is 3.09 bits per heavy atom. The van der Waals surface area contributed by atoms with Crippen LogP contribution in [-0.4, -0.2) is 39.7 Å². The van der Waals surface area contributed by atoms with Crippen LogP contribution >= 0.6 is 11.8 Å². The SMILES string of the molecule is Cc1ccc(/C=N/Nc2nc(SCC(=O)OCC(C)C)n[nH]2)o1. The van der Waals surface area contributed by atoms with Crippen molar-refractivity contribution < 1.29 is 13.9 Å². The molecule has 0 atom stereocenters. The number of hydrazone groups is 1. The van der Waals surface area contributed by atoms with Crippen molar-refractivity contribution in [2.75, 3.05) is 17.8 Å². The predicted octanol–water partition coefficient (Wildman–Crippen LogP) is 2.44. The molecule has 0 spiro atoms. The summed E-state index contributed by atoms with van der Waals surface area (Å²) in [5, 5.41) is 11.1. The number of aromatic nitrogens is 3. The minimum atomic E-state index is -0.283. The molecule has 0 amide bonds. The summed E-state index contributed by atoms with van der Waals surface area (Å²) >= 11 is 1.20. The second-order valence-electron chi connectivity index (χ2n) is 5.15. The van der Waals surface area contributed by atoms with Gasteiger partial charge in [-0.3, -0.25) is 4.79 Å². The van der Waals surface area contributed by atoms with Crippen molar-refractivity contribution in [2.45, 2.75) is 25.9 Å². The highest BCUT2D eigenvalue weighted by molar-refractivity contribution is 7.99. The van der Waals surface area contributed by atoms with Crippen LogP contribution in [0.15, 0.2) is 26.8 Å². The number of anilines is 1. The molecule has 0 aliphatic heterocycles. The maximum absolute atomic E-state index is 11.5. The van der Waals surface area contributed by atoms with Gasteiger partial charge in [0, 0.05) is 0 Å². The van der Waals surface area contributed by atoms with Crippen molar-refractivity contribution in [3.05, 3.63) is 23.7 Å². The van der Waals surface area contributed by atoms with E-state index in [1.54, 1.807) is 0 Å². The molecule has 0 aliphatic carbocycles. The number of rotatable bonds is 8. The zero-order valence-electron chi connectivity index (χ0n) is 13.2. The molecule has 0 unspecified atom stereocenters. The molecular formula is C14H19N5O3S. The minimum absolute atomic E-state index is 0.166. The van der Waals surface area contributed by atoms with Crippen molar-refractivity contribution in [2.24, 2.45) is 11.0 Å². The highest BCUT2D eigenvalue weighted by Gasteiger charge is 2.09. The van der Waals surface area contributed by atoms with E-state index in [9.17, 15) is 4.79 Å². The number of carbonyl (C=O) groups excluding carboxylic acids is 1. The average Bonchev–Trinajstić information content (AvgIpc) is 3.12. The van der Waals surface area contributed by atoms with E-state index < -0.39 is 0 Å². The van der Waals surface area contributed by atoms with Gasteiger partial charge in [-0.05, 0) is 25.0 Å². The first-order valence-electron chi connectivity index (χ1n) is 7.09. The molecule has 0 saturated heterocycles. The number of nitrogens with zero attached hydrogens (tertiary/aromatic N) is 3.